The van der Waals surface area contributed by atoms with Crippen LogP contribution >= 0.6 is 0 Å². The van der Waals surface area contributed by atoms with E-state index < -0.39 is 6.17 Å². The zero-order chi connectivity index (χ0) is 13.4. The summed E-state index contributed by atoms with van der Waals surface area (Å²) >= 11 is 0. The summed E-state index contributed by atoms with van der Waals surface area (Å²) in [7, 11) is 0. The largest absolute Gasteiger partial charge is 0.484 e. The van der Waals surface area contributed by atoms with Gasteiger partial charge in [0.05, 0.1) is 5.56 Å². The molecule has 1 aromatic rings. The number of ether oxygens (including phenoxy) is 1. The molecule has 1 aliphatic carbocycles. The Balaban J connectivity index is 1.90. The molecule has 0 spiro atoms. The van der Waals surface area contributed by atoms with Crippen molar-refractivity contribution in [3.05, 3.63) is 28.8 Å². The van der Waals surface area contributed by atoms with Gasteiger partial charge in [-0.05, 0) is 49.3 Å². The van der Waals surface area contributed by atoms with Gasteiger partial charge < -0.3 is 4.74 Å². The molecule has 1 aliphatic heterocycles. The number of rotatable bonds is 2. The Hall–Kier alpha value is -1.38. The first-order valence-corrected chi connectivity index (χ1v) is 7.09. The van der Waals surface area contributed by atoms with Crippen molar-refractivity contribution in [3.8, 4) is 5.75 Å². The highest BCUT2D eigenvalue weighted by Crippen LogP contribution is 2.37. The fourth-order valence-electron chi connectivity index (χ4n) is 3.23. The summed E-state index contributed by atoms with van der Waals surface area (Å²) in [6.07, 6.45) is 3.72. The molecular formula is C16H19FO2. The first kappa shape index (κ1) is 12.6. The summed E-state index contributed by atoms with van der Waals surface area (Å²) in [6, 6.07) is 3.79. The molecule has 0 bridgehead atoms. The molecule has 19 heavy (non-hydrogen) atoms. The molecule has 1 fully saturated rings. The van der Waals surface area contributed by atoms with E-state index in [0.29, 0.717) is 24.2 Å². The molecule has 1 heterocycles. The molecule has 1 saturated carbocycles. The van der Waals surface area contributed by atoms with Gasteiger partial charge >= 0.3 is 0 Å². The lowest BCUT2D eigenvalue weighted by atomic mass is 9.82. The zero-order valence-electron chi connectivity index (χ0n) is 11.2. The number of Topliss-reactive ketones (excluding diaryl/α,β-unsaturated/α-hetero) is 1. The van der Waals surface area contributed by atoms with Crippen molar-refractivity contribution < 1.29 is 13.9 Å². The van der Waals surface area contributed by atoms with Gasteiger partial charge in [0.2, 0.25) is 5.78 Å². The Morgan fingerprint density at radius 1 is 1.32 bits per heavy atom. The van der Waals surface area contributed by atoms with E-state index in [1.807, 2.05) is 19.1 Å². The number of ketones is 1. The minimum atomic E-state index is -0.707. The third-order valence-corrected chi connectivity index (χ3v) is 4.43. The van der Waals surface area contributed by atoms with Crippen molar-refractivity contribution in [2.75, 3.05) is 6.61 Å². The average Bonchev–Trinajstić information content (AvgIpc) is 2.77. The summed E-state index contributed by atoms with van der Waals surface area (Å²) in [5, 5.41) is 0. The van der Waals surface area contributed by atoms with Gasteiger partial charge in [-0.15, -0.1) is 0 Å². The van der Waals surface area contributed by atoms with Gasteiger partial charge in [0.1, 0.15) is 11.9 Å². The van der Waals surface area contributed by atoms with E-state index in [4.69, 9.17) is 4.74 Å². The van der Waals surface area contributed by atoms with E-state index in [1.54, 1.807) is 0 Å². The quantitative estimate of drug-likeness (QED) is 0.813. The Kier molecular flexibility index (Phi) is 3.29. The second-order valence-electron chi connectivity index (χ2n) is 5.71. The molecule has 1 aromatic carbocycles. The zero-order valence-corrected chi connectivity index (χ0v) is 11.2. The Bertz CT molecular complexity index is 510. The minimum absolute atomic E-state index is 0.0386. The van der Waals surface area contributed by atoms with Crippen LogP contribution in [-0.2, 0) is 6.42 Å². The smallest absolute Gasteiger partial charge is 0.203 e. The fraction of sp³-hybridized carbons (Fsp3) is 0.562. The highest BCUT2D eigenvalue weighted by molar-refractivity contribution is 6.02. The van der Waals surface area contributed by atoms with E-state index in [9.17, 15) is 9.18 Å². The van der Waals surface area contributed by atoms with Crippen LogP contribution in [0.15, 0.2) is 12.1 Å². The minimum Gasteiger partial charge on any atom is -0.484 e. The summed E-state index contributed by atoms with van der Waals surface area (Å²) in [5.74, 6) is 0.831. The predicted octanol–water partition coefficient (Wildman–Crippen LogP) is 3.64. The average molecular weight is 262 g/mol. The number of carbonyl (C=O) groups excluding carboxylic acids is 1. The number of carbonyl (C=O) groups is 1. The van der Waals surface area contributed by atoms with Crippen LogP contribution < -0.4 is 4.74 Å². The van der Waals surface area contributed by atoms with Crippen LogP contribution in [0.3, 0.4) is 0 Å². The van der Waals surface area contributed by atoms with Crippen LogP contribution in [0, 0.1) is 12.8 Å². The molecule has 0 N–H and O–H groups in total. The molecule has 3 heteroatoms. The highest BCUT2D eigenvalue weighted by atomic mass is 19.1. The number of halogens is 1. The number of hydrogen-bond acceptors (Lipinski definition) is 2. The normalized spacial score (nSPS) is 26.1. The van der Waals surface area contributed by atoms with Crippen molar-refractivity contribution in [2.24, 2.45) is 5.92 Å². The van der Waals surface area contributed by atoms with Gasteiger partial charge in [0.25, 0.3) is 0 Å². The van der Waals surface area contributed by atoms with Crippen LogP contribution in [0.4, 0.5) is 4.39 Å². The Morgan fingerprint density at radius 2 is 2.11 bits per heavy atom. The molecule has 1 unspecified atom stereocenters. The molecule has 0 saturated heterocycles. The highest BCUT2D eigenvalue weighted by Gasteiger charge is 2.30. The number of fused-ring (bicyclic) bond motifs is 1. The van der Waals surface area contributed by atoms with E-state index in [1.165, 1.54) is 0 Å². The summed E-state index contributed by atoms with van der Waals surface area (Å²) in [5.41, 5.74) is 2.82. The van der Waals surface area contributed by atoms with Gasteiger partial charge in [-0.2, -0.15) is 0 Å². The predicted molar refractivity (Wildman–Crippen MR) is 71.6 cm³/mol. The lowest BCUT2D eigenvalue weighted by Crippen LogP contribution is -2.23. The Labute approximate surface area is 113 Å². The van der Waals surface area contributed by atoms with Gasteiger partial charge in [-0.3, -0.25) is 4.79 Å². The van der Waals surface area contributed by atoms with E-state index >= 15 is 0 Å². The maximum absolute atomic E-state index is 14.0. The van der Waals surface area contributed by atoms with E-state index in [2.05, 4.69) is 0 Å². The lowest BCUT2D eigenvalue weighted by Gasteiger charge is -2.27. The number of hydrogen-bond donors (Lipinski definition) is 0. The van der Waals surface area contributed by atoms with Crippen LogP contribution in [0.5, 0.6) is 5.75 Å². The molecule has 0 aromatic heterocycles. The second-order valence-corrected chi connectivity index (χ2v) is 5.71. The van der Waals surface area contributed by atoms with Crippen molar-refractivity contribution in [2.45, 2.75) is 45.2 Å². The maximum atomic E-state index is 14.0. The van der Waals surface area contributed by atoms with Crippen LogP contribution in [0.25, 0.3) is 0 Å². The van der Waals surface area contributed by atoms with Gasteiger partial charge in [-0.25, -0.2) is 4.39 Å². The lowest BCUT2D eigenvalue weighted by molar-refractivity contribution is 0.0960. The standard InChI is InChI=1S/C16H19FO2/c1-10-6-7-12-15(18)9-19-16(12)13(10)8-11-4-2-3-5-14(11)17/h6-7,11,14H,2-5,8-9H2,1H3/t11?,14-/m0/s1. The summed E-state index contributed by atoms with van der Waals surface area (Å²) < 4.78 is 19.5. The number of aryl methyl sites for hydroxylation is 1. The first-order valence-electron chi connectivity index (χ1n) is 7.09. The van der Waals surface area contributed by atoms with E-state index in [0.717, 1.165) is 30.4 Å². The third kappa shape index (κ3) is 2.26. The molecule has 0 amide bonds. The molecule has 2 aliphatic rings. The molecule has 0 radical (unpaired) electrons. The number of benzene rings is 1. The van der Waals surface area contributed by atoms with Gasteiger partial charge in [-0.1, -0.05) is 18.9 Å². The number of alkyl halides is 1. The molecule has 3 rings (SSSR count). The van der Waals surface area contributed by atoms with Crippen LogP contribution in [0.2, 0.25) is 0 Å². The SMILES string of the molecule is Cc1ccc2c(c1CC1CCCC[C@@H]1F)OCC2=O. The van der Waals surface area contributed by atoms with Crippen molar-refractivity contribution >= 4 is 5.78 Å². The molecule has 2 nitrogen and oxygen atoms in total. The molecular weight excluding hydrogens is 243 g/mol. The molecule has 2 atom stereocenters. The monoisotopic (exact) mass is 262 g/mol. The van der Waals surface area contributed by atoms with Crippen LogP contribution in [0.1, 0.15) is 47.2 Å². The second kappa shape index (κ2) is 4.95. The van der Waals surface area contributed by atoms with Crippen molar-refractivity contribution in [3.63, 3.8) is 0 Å². The van der Waals surface area contributed by atoms with Crippen molar-refractivity contribution in [1.82, 2.24) is 0 Å². The van der Waals surface area contributed by atoms with Crippen molar-refractivity contribution in [1.29, 1.82) is 0 Å². The van der Waals surface area contributed by atoms with E-state index in [-0.39, 0.29) is 18.3 Å². The van der Waals surface area contributed by atoms with Gasteiger partial charge in [0.15, 0.2) is 6.61 Å². The Morgan fingerprint density at radius 3 is 2.89 bits per heavy atom. The van der Waals surface area contributed by atoms with Crippen LogP contribution in [-0.4, -0.2) is 18.6 Å². The van der Waals surface area contributed by atoms with Gasteiger partial charge in [0, 0.05) is 0 Å². The first-order chi connectivity index (χ1) is 9.16. The molecule has 102 valence electrons. The third-order valence-electron chi connectivity index (χ3n) is 4.43. The topological polar surface area (TPSA) is 26.3 Å². The summed E-state index contributed by atoms with van der Waals surface area (Å²) in [6.45, 7) is 2.15. The maximum Gasteiger partial charge on any atom is 0.203 e. The fourth-order valence-corrected chi connectivity index (χ4v) is 3.23. The summed E-state index contributed by atoms with van der Waals surface area (Å²) in [4.78, 5) is 11.7.